The maximum Gasteiger partial charge on any atom is 0.232 e. The number of hydrogen-bond acceptors (Lipinski definition) is 3. The van der Waals surface area contributed by atoms with Crippen LogP contribution in [0.4, 0.5) is 4.39 Å². The Hall–Kier alpha value is -0.780. The normalized spacial score (nSPS) is 20.2. The van der Waals surface area contributed by atoms with Crippen LogP contribution in [0, 0.1) is 5.82 Å². The zero-order chi connectivity index (χ0) is 16.2. The van der Waals surface area contributed by atoms with Crippen LogP contribution in [0.3, 0.4) is 0 Å². The van der Waals surface area contributed by atoms with Gasteiger partial charge in [0.2, 0.25) is 5.91 Å². The number of rotatable bonds is 4. The first kappa shape index (κ1) is 17.1. The molecule has 2 saturated heterocycles. The van der Waals surface area contributed by atoms with Crippen LogP contribution in [0.2, 0.25) is 5.02 Å². The summed E-state index contributed by atoms with van der Waals surface area (Å²) in [5.41, 5.74) is 0. The Balaban J connectivity index is 1.46. The van der Waals surface area contributed by atoms with Gasteiger partial charge in [-0.3, -0.25) is 4.79 Å². The molecule has 2 heterocycles. The maximum atomic E-state index is 13.0. The van der Waals surface area contributed by atoms with E-state index in [0.29, 0.717) is 16.8 Å². The molecule has 126 valence electrons. The molecule has 1 aromatic rings. The van der Waals surface area contributed by atoms with Gasteiger partial charge in [-0.2, -0.15) is 0 Å². The second-order valence-electron chi connectivity index (χ2n) is 6.22. The Morgan fingerprint density at radius 2 is 1.91 bits per heavy atom. The molecule has 0 N–H and O–H groups in total. The molecule has 0 aromatic heterocycles. The SMILES string of the molecule is O=C(CSc1ccc(F)cc1Cl)N1CCC(N2CCCC2)CC1. The molecule has 23 heavy (non-hydrogen) atoms. The molecule has 2 fully saturated rings. The van der Waals surface area contributed by atoms with Gasteiger partial charge >= 0.3 is 0 Å². The maximum absolute atomic E-state index is 13.0. The van der Waals surface area contributed by atoms with Gasteiger partial charge < -0.3 is 9.80 Å². The van der Waals surface area contributed by atoms with Crippen molar-refractivity contribution < 1.29 is 9.18 Å². The first-order chi connectivity index (χ1) is 11.1. The molecule has 1 amide bonds. The smallest absolute Gasteiger partial charge is 0.232 e. The van der Waals surface area contributed by atoms with Crippen molar-refractivity contribution in [3.63, 3.8) is 0 Å². The predicted molar refractivity (Wildman–Crippen MR) is 92.5 cm³/mol. The Bertz CT molecular complexity index is 558. The van der Waals surface area contributed by atoms with Gasteiger partial charge in [0.05, 0.1) is 10.8 Å². The summed E-state index contributed by atoms with van der Waals surface area (Å²) in [7, 11) is 0. The zero-order valence-electron chi connectivity index (χ0n) is 13.1. The van der Waals surface area contributed by atoms with E-state index < -0.39 is 0 Å². The molecule has 3 nitrogen and oxygen atoms in total. The van der Waals surface area contributed by atoms with Gasteiger partial charge in [0.25, 0.3) is 0 Å². The van der Waals surface area contributed by atoms with E-state index in [0.717, 1.165) is 30.8 Å². The first-order valence-electron chi connectivity index (χ1n) is 8.23. The molecule has 0 unspecified atom stereocenters. The van der Waals surface area contributed by atoms with Gasteiger partial charge in [0.1, 0.15) is 5.82 Å². The molecule has 0 saturated carbocycles. The summed E-state index contributed by atoms with van der Waals surface area (Å²) in [5.74, 6) is 0.157. The van der Waals surface area contributed by atoms with Gasteiger partial charge in [-0.1, -0.05) is 11.6 Å². The molecule has 2 aliphatic heterocycles. The van der Waals surface area contributed by atoms with Crippen molar-refractivity contribution in [3.05, 3.63) is 29.0 Å². The molecule has 0 atom stereocenters. The lowest BCUT2D eigenvalue weighted by Gasteiger charge is -2.36. The standard InChI is InChI=1S/C17H22ClFN2OS/c18-15-11-13(19)3-4-16(15)23-12-17(22)21-9-5-14(6-10-21)20-7-1-2-8-20/h3-4,11,14H,1-2,5-10,12H2. The molecule has 0 spiro atoms. The van der Waals surface area contributed by atoms with Crippen LogP contribution in [0.15, 0.2) is 23.1 Å². The third kappa shape index (κ3) is 4.40. The highest BCUT2D eigenvalue weighted by atomic mass is 35.5. The topological polar surface area (TPSA) is 23.6 Å². The number of hydrogen-bond donors (Lipinski definition) is 0. The molecule has 1 aromatic carbocycles. The lowest BCUT2D eigenvalue weighted by molar-refractivity contribution is -0.129. The Labute approximate surface area is 146 Å². The predicted octanol–water partition coefficient (Wildman–Crippen LogP) is 3.66. The number of thioether (sulfide) groups is 1. The van der Waals surface area contributed by atoms with Crippen molar-refractivity contribution in [1.82, 2.24) is 9.80 Å². The van der Waals surface area contributed by atoms with Gasteiger partial charge in [-0.25, -0.2) is 4.39 Å². The van der Waals surface area contributed by atoms with Crippen molar-refractivity contribution in [2.24, 2.45) is 0 Å². The van der Waals surface area contributed by atoms with Crippen molar-refractivity contribution in [1.29, 1.82) is 0 Å². The summed E-state index contributed by atoms with van der Waals surface area (Å²) in [4.78, 5) is 17.6. The molecule has 0 bridgehead atoms. The van der Waals surface area contributed by atoms with Crippen molar-refractivity contribution in [3.8, 4) is 0 Å². The highest BCUT2D eigenvalue weighted by Crippen LogP contribution is 2.28. The molecule has 2 aliphatic rings. The minimum atomic E-state index is -0.352. The summed E-state index contributed by atoms with van der Waals surface area (Å²) in [6.07, 6.45) is 4.78. The zero-order valence-corrected chi connectivity index (χ0v) is 14.7. The third-order valence-corrected chi connectivity index (χ3v) is 6.20. The summed E-state index contributed by atoms with van der Waals surface area (Å²) in [6, 6.07) is 4.95. The molecule has 6 heteroatoms. The van der Waals surface area contributed by atoms with Crippen LogP contribution in [-0.2, 0) is 4.79 Å². The fraction of sp³-hybridized carbons (Fsp3) is 0.588. The minimum Gasteiger partial charge on any atom is -0.342 e. The van der Waals surface area contributed by atoms with Crippen molar-refractivity contribution in [2.45, 2.75) is 36.6 Å². The van der Waals surface area contributed by atoms with Crippen LogP contribution in [0.1, 0.15) is 25.7 Å². The van der Waals surface area contributed by atoms with Crippen LogP contribution in [0.5, 0.6) is 0 Å². The van der Waals surface area contributed by atoms with Crippen LogP contribution < -0.4 is 0 Å². The highest BCUT2D eigenvalue weighted by Gasteiger charge is 2.28. The summed E-state index contributed by atoms with van der Waals surface area (Å²) < 4.78 is 13.0. The Morgan fingerprint density at radius 3 is 2.57 bits per heavy atom. The van der Waals surface area contributed by atoms with E-state index in [1.165, 1.54) is 49.8 Å². The molecular formula is C17H22ClFN2OS. The van der Waals surface area contributed by atoms with E-state index in [1.54, 1.807) is 6.07 Å². The van der Waals surface area contributed by atoms with Crippen LogP contribution >= 0.6 is 23.4 Å². The highest BCUT2D eigenvalue weighted by molar-refractivity contribution is 8.00. The summed E-state index contributed by atoms with van der Waals surface area (Å²) >= 11 is 7.38. The van der Waals surface area contributed by atoms with Crippen LogP contribution in [-0.4, -0.2) is 53.7 Å². The largest absolute Gasteiger partial charge is 0.342 e. The number of piperidine rings is 1. The van der Waals surface area contributed by atoms with E-state index >= 15 is 0 Å². The number of benzene rings is 1. The molecule has 0 radical (unpaired) electrons. The summed E-state index contributed by atoms with van der Waals surface area (Å²) in [6.45, 7) is 4.13. The van der Waals surface area contributed by atoms with E-state index in [9.17, 15) is 9.18 Å². The number of amides is 1. The third-order valence-electron chi connectivity index (χ3n) is 4.72. The van der Waals surface area contributed by atoms with Crippen LogP contribution in [0.25, 0.3) is 0 Å². The monoisotopic (exact) mass is 356 g/mol. The fourth-order valence-corrected chi connectivity index (χ4v) is 4.56. The number of halogens is 2. The van der Waals surface area contributed by atoms with E-state index in [-0.39, 0.29) is 11.7 Å². The number of carbonyl (C=O) groups excluding carboxylic acids is 1. The molecule has 3 rings (SSSR count). The number of nitrogens with zero attached hydrogens (tertiary/aromatic N) is 2. The van der Waals surface area contributed by atoms with Crippen molar-refractivity contribution in [2.75, 3.05) is 31.9 Å². The average Bonchev–Trinajstić information content (AvgIpc) is 3.08. The summed E-state index contributed by atoms with van der Waals surface area (Å²) in [5, 5.41) is 0.371. The molecular weight excluding hydrogens is 335 g/mol. The fourth-order valence-electron chi connectivity index (χ4n) is 3.41. The van der Waals surface area contributed by atoms with Crippen molar-refractivity contribution >= 4 is 29.3 Å². The second kappa shape index (κ2) is 7.86. The lowest BCUT2D eigenvalue weighted by atomic mass is 10.0. The van der Waals surface area contributed by atoms with Gasteiger partial charge in [0.15, 0.2) is 0 Å². The minimum absolute atomic E-state index is 0.148. The van der Waals surface area contributed by atoms with Gasteiger partial charge in [0, 0.05) is 24.0 Å². The second-order valence-corrected chi connectivity index (χ2v) is 7.64. The van der Waals surface area contributed by atoms with E-state index in [4.69, 9.17) is 11.6 Å². The van der Waals surface area contributed by atoms with Gasteiger partial charge in [-0.15, -0.1) is 11.8 Å². The Morgan fingerprint density at radius 1 is 1.22 bits per heavy atom. The van der Waals surface area contributed by atoms with Gasteiger partial charge in [-0.05, 0) is 57.0 Å². The average molecular weight is 357 g/mol. The van der Waals surface area contributed by atoms with E-state index in [2.05, 4.69) is 4.90 Å². The lowest BCUT2D eigenvalue weighted by Crippen LogP contribution is -2.46. The van der Waals surface area contributed by atoms with E-state index in [1.807, 2.05) is 4.90 Å². The Kier molecular flexibility index (Phi) is 5.83. The first-order valence-corrected chi connectivity index (χ1v) is 9.59. The molecule has 0 aliphatic carbocycles. The quantitative estimate of drug-likeness (QED) is 0.769. The number of carbonyl (C=O) groups is 1. The number of likely N-dealkylation sites (tertiary alicyclic amines) is 2.